The Morgan fingerprint density at radius 2 is 1.57 bits per heavy atom. The molecule has 0 saturated heterocycles. The van der Waals surface area contributed by atoms with Gasteiger partial charge >= 0.3 is 0 Å². The van der Waals surface area contributed by atoms with Gasteiger partial charge in [0.15, 0.2) is 11.6 Å². The fraction of sp³-hybridized carbons (Fsp3) is 0.130. The van der Waals surface area contributed by atoms with Crippen LogP contribution in [0.3, 0.4) is 0 Å². The first-order valence-electron chi connectivity index (χ1n) is 10.2. The molecule has 1 aliphatic carbocycles. The fourth-order valence-corrected chi connectivity index (χ4v) is 4.97. The Hall–Kier alpha value is -3.05. The molecule has 2 amide bonds. The summed E-state index contributed by atoms with van der Waals surface area (Å²) >= 11 is 24.5. The van der Waals surface area contributed by atoms with Gasteiger partial charge in [-0.15, -0.1) is 23.2 Å². The number of anilines is 2. The summed E-state index contributed by atoms with van der Waals surface area (Å²) in [6.45, 7) is 0. The number of rotatable bonds is 6. The molecular formula is C23H12Cl4F3N3O4. The van der Waals surface area contributed by atoms with Crippen molar-refractivity contribution < 1.29 is 27.7 Å². The number of nitro groups is 1. The molecule has 2 N–H and O–H groups in total. The second-order valence-corrected chi connectivity index (χ2v) is 10.2. The topological polar surface area (TPSA) is 101 Å². The SMILES string of the molecule is O=C(Nc1cc(F)c(F)cc1[N+](=O)[O-])c1cc(NC(=O)[C@H]2[C@H](c3ccc(F)c(Cl)c3)C2(Cl)Cl)ccc1Cl. The summed E-state index contributed by atoms with van der Waals surface area (Å²) in [4.78, 5) is 35.8. The number of hydrogen-bond acceptors (Lipinski definition) is 4. The van der Waals surface area contributed by atoms with Crippen LogP contribution in [-0.2, 0) is 4.79 Å². The van der Waals surface area contributed by atoms with Crippen molar-refractivity contribution >= 4 is 75.3 Å². The lowest BCUT2D eigenvalue weighted by atomic mass is 10.1. The lowest BCUT2D eigenvalue weighted by molar-refractivity contribution is -0.384. The molecule has 1 aliphatic rings. The maximum Gasteiger partial charge on any atom is 0.295 e. The fourth-order valence-electron chi connectivity index (χ4n) is 3.75. The predicted molar refractivity (Wildman–Crippen MR) is 133 cm³/mol. The van der Waals surface area contributed by atoms with E-state index in [0.717, 1.165) is 12.1 Å². The molecule has 0 bridgehead atoms. The van der Waals surface area contributed by atoms with Crippen LogP contribution in [0.4, 0.5) is 30.2 Å². The third-order valence-corrected chi connectivity index (χ3v) is 7.16. The summed E-state index contributed by atoms with van der Waals surface area (Å²) in [5.74, 6) is -6.80. The van der Waals surface area contributed by atoms with Crippen LogP contribution in [0.5, 0.6) is 0 Å². The number of nitro benzene ring substituents is 1. The van der Waals surface area contributed by atoms with Gasteiger partial charge in [-0.05, 0) is 35.9 Å². The first kappa shape index (κ1) is 27.0. The summed E-state index contributed by atoms with van der Waals surface area (Å²) in [6, 6.07) is 8.43. The minimum atomic E-state index is -1.51. The van der Waals surface area contributed by atoms with Crippen LogP contribution in [0.25, 0.3) is 0 Å². The highest BCUT2D eigenvalue weighted by Gasteiger charge is 2.67. The summed E-state index contributed by atoms with van der Waals surface area (Å²) in [6.07, 6.45) is 0. The van der Waals surface area contributed by atoms with Crippen molar-refractivity contribution in [2.45, 2.75) is 10.3 Å². The van der Waals surface area contributed by atoms with E-state index in [0.29, 0.717) is 17.7 Å². The zero-order valence-corrected chi connectivity index (χ0v) is 21.0. The average molecular weight is 593 g/mol. The zero-order chi connectivity index (χ0) is 27.2. The van der Waals surface area contributed by atoms with Crippen LogP contribution in [0, 0.1) is 33.5 Å². The first-order chi connectivity index (χ1) is 17.3. The molecule has 0 radical (unpaired) electrons. The van der Waals surface area contributed by atoms with E-state index in [-0.39, 0.29) is 21.3 Å². The van der Waals surface area contributed by atoms with Gasteiger partial charge in [-0.2, -0.15) is 0 Å². The number of benzene rings is 3. The third-order valence-electron chi connectivity index (χ3n) is 5.60. The maximum atomic E-state index is 13.6. The molecule has 1 saturated carbocycles. The number of carbonyl (C=O) groups excluding carboxylic acids is 2. The van der Waals surface area contributed by atoms with Crippen LogP contribution in [0.15, 0.2) is 48.5 Å². The number of carbonyl (C=O) groups is 2. The standard InChI is InChI=1S/C23H12Cl4F3N3O4/c24-12-3-2-10(6-11(12)21(34)32-17-7-15(29)16(30)8-18(17)33(36)37)31-22(35)20-19(23(20,26)27)9-1-4-14(28)13(25)5-9/h1-8,19-20H,(H,31,35)(H,32,34)/t19-,20+/m0/s1. The van der Waals surface area contributed by atoms with E-state index in [9.17, 15) is 32.9 Å². The summed E-state index contributed by atoms with van der Waals surface area (Å²) in [7, 11) is 0. The largest absolute Gasteiger partial charge is 0.326 e. The van der Waals surface area contributed by atoms with Crippen molar-refractivity contribution in [2.24, 2.45) is 5.92 Å². The minimum absolute atomic E-state index is 0.0891. The van der Waals surface area contributed by atoms with Gasteiger partial charge < -0.3 is 10.6 Å². The van der Waals surface area contributed by atoms with Crippen LogP contribution in [0.2, 0.25) is 10.0 Å². The first-order valence-corrected chi connectivity index (χ1v) is 11.7. The molecule has 0 aromatic heterocycles. The smallest absolute Gasteiger partial charge is 0.295 e. The van der Waals surface area contributed by atoms with E-state index >= 15 is 0 Å². The van der Waals surface area contributed by atoms with Crippen molar-refractivity contribution in [3.63, 3.8) is 0 Å². The van der Waals surface area contributed by atoms with E-state index in [1.807, 2.05) is 0 Å². The van der Waals surface area contributed by atoms with Crippen molar-refractivity contribution in [2.75, 3.05) is 10.6 Å². The van der Waals surface area contributed by atoms with Crippen LogP contribution in [-0.4, -0.2) is 21.1 Å². The molecule has 7 nitrogen and oxygen atoms in total. The normalized spacial score (nSPS) is 17.7. The molecule has 192 valence electrons. The molecule has 3 aromatic carbocycles. The van der Waals surface area contributed by atoms with E-state index in [2.05, 4.69) is 10.6 Å². The van der Waals surface area contributed by atoms with Gasteiger partial charge in [-0.1, -0.05) is 29.3 Å². The average Bonchev–Trinajstić information content (AvgIpc) is 3.40. The van der Waals surface area contributed by atoms with Gasteiger partial charge in [0.05, 0.1) is 32.5 Å². The van der Waals surface area contributed by atoms with E-state index in [4.69, 9.17) is 46.4 Å². The summed E-state index contributed by atoms with van der Waals surface area (Å²) in [5, 5.41) is 15.6. The molecule has 3 aromatic rings. The van der Waals surface area contributed by atoms with E-state index in [1.165, 1.54) is 24.3 Å². The Labute approximate surface area is 226 Å². The van der Waals surface area contributed by atoms with Gasteiger partial charge in [0, 0.05) is 17.7 Å². The molecular weight excluding hydrogens is 581 g/mol. The monoisotopic (exact) mass is 591 g/mol. The Balaban J connectivity index is 1.54. The van der Waals surface area contributed by atoms with Gasteiger partial charge in [0.1, 0.15) is 15.8 Å². The van der Waals surface area contributed by atoms with Gasteiger partial charge in [-0.25, -0.2) is 13.2 Å². The molecule has 1 fully saturated rings. The Kier molecular flexibility index (Phi) is 7.31. The molecule has 2 atom stereocenters. The highest BCUT2D eigenvalue weighted by molar-refractivity contribution is 6.53. The summed E-state index contributed by atoms with van der Waals surface area (Å²) in [5.41, 5.74) is -1.19. The molecule has 37 heavy (non-hydrogen) atoms. The maximum absolute atomic E-state index is 13.6. The lowest BCUT2D eigenvalue weighted by Crippen LogP contribution is -2.18. The van der Waals surface area contributed by atoms with Crippen LogP contribution < -0.4 is 10.6 Å². The van der Waals surface area contributed by atoms with Gasteiger partial charge in [0.25, 0.3) is 11.6 Å². The summed E-state index contributed by atoms with van der Waals surface area (Å²) < 4.78 is 39.0. The van der Waals surface area contributed by atoms with Crippen LogP contribution in [0.1, 0.15) is 21.8 Å². The Morgan fingerprint density at radius 3 is 2.22 bits per heavy atom. The molecule has 0 heterocycles. The highest BCUT2D eigenvalue weighted by atomic mass is 35.5. The quantitative estimate of drug-likeness (QED) is 0.181. The van der Waals surface area contributed by atoms with Gasteiger partial charge in [-0.3, -0.25) is 19.7 Å². The van der Waals surface area contributed by atoms with Crippen molar-refractivity contribution in [3.05, 3.63) is 97.3 Å². The Morgan fingerprint density at radius 1 is 0.892 bits per heavy atom. The zero-order valence-electron chi connectivity index (χ0n) is 18.0. The van der Waals surface area contributed by atoms with E-state index < -0.39 is 61.7 Å². The second kappa shape index (κ2) is 10.0. The van der Waals surface area contributed by atoms with Crippen molar-refractivity contribution in [1.29, 1.82) is 0 Å². The van der Waals surface area contributed by atoms with E-state index in [1.54, 1.807) is 0 Å². The van der Waals surface area contributed by atoms with Crippen molar-refractivity contribution in [1.82, 2.24) is 0 Å². The van der Waals surface area contributed by atoms with Gasteiger partial charge in [0.2, 0.25) is 5.91 Å². The number of amides is 2. The number of hydrogen-bond donors (Lipinski definition) is 2. The predicted octanol–water partition coefficient (Wildman–Crippen LogP) is 7.10. The van der Waals surface area contributed by atoms with Crippen LogP contribution >= 0.6 is 46.4 Å². The number of halogens is 7. The number of nitrogens with one attached hydrogen (secondary N) is 2. The molecule has 0 spiro atoms. The number of alkyl halides is 2. The molecule has 4 rings (SSSR count). The third kappa shape index (κ3) is 5.33. The minimum Gasteiger partial charge on any atom is -0.326 e. The second-order valence-electron chi connectivity index (χ2n) is 7.98. The molecule has 0 aliphatic heterocycles. The molecule has 14 heteroatoms. The molecule has 0 unspecified atom stereocenters. The highest BCUT2D eigenvalue weighted by Crippen LogP contribution is 2.65. The lowest BCUT2D eigenvalue weighted by Gasteiger charge is -2.11. The number of nitrogens with zero attached hydrogens (tertiary/aromatic N) is 1. The Bertz CT molecular complexity index is 1470. The van der Waals surface area contributed by atoms with Crippen molar-refractivity contribution in [3.8, 4) is 0 Å².